The Morgan fingerprint density at radius 1 is 1.53 bits per heavy atom. The van der Waals surface area contributed by atoms with Crippen molar-refractivity contribution in [2.24, 2.45) is 0 Å². The molecule has 0 saturated carbocycles. The Kier molecular flexibility index (Phi) is 5.75. The summed E-state index contributed by atoms with van der Waals surface area (Å²) in [5.41, 5.74) is -0.232. The van der Waals surface area contributed by atoms with E-state index in [9.17, 15) is 9.36 Å². The molecule has 0 aromatic rings. The van der Waals surface area contributed by atoms with Crippen molar-refractivity contribution in [1.82, 2.24) is 0 Å². The Balaban J connectivity index is 4.26. The first-order valence-electron chi connectivity index (χ1n) is 4.37. The number of rotatable bonds is 7. The minimum Gasteiger partial charge on any atom is -0.478 e. The quantitative estimate of drug-likeness (QED) is 0.450. The van der Waals surface area contributed by atoms with E-state index in [1.54, 1.807) is 6.92 Å². The number of ether oxygens (including phenoxy) is 1. The molecule has 0 radical (unpaired) electrons. The van der Waals surface area contributed by atoms with Crippen LogP contribution in [0.2, 0.25) is 0 Å². The topological polar surface area (TPSA) is 104 Å². The van der Waals surface area contributed by atoms with Crippen molar-refractivity contribution in [2.45, 2.75) is 25.6 Å². The van der Waals surface area contributed by atoms with Crippen LogP contribution in [0.5, 0.6) is 0 Å². The van der Waals surface area contributed by atoms with Crippen molar-refractivity contribution < 1.29 is 29.0 Å². The Hall–Kier alpha value is -0.680. The van der Waals surface area contributed by atoms with Crippen LogP contribution in [0, 0.1) is 0 Å². The molecule has 6 nitrogen and oxygen atoms in total. The molecule has 15 heavy (non-hydrogen) atoms. The lowest BCUT2D eigenvalue weighted by molar-refractivity contribution is -0.133. The molecule has 0 bridgehead atoms. The number of hydrogen-bond donors (Lipinski definition) is 3. The van der Waals surface area contributed by atoms with Gasteiger partial charge in [-0.1, -0.05) is 19.9 Å². The Morgan fingerprint density at radius 3 is 2.40 bits per heavy atom. The van der Waals surface area contributed by atoms with Gasteiger partial charge in [0.05, 0.1) is 12.2 Å². The molecule has 3 N–H and O–H groups in total. The highest BCUT2D eigenvalue weighted by Crippen LogP contribution is 2.44. The summed E-state index contributed by atoms with van der Waals surface area (Å²) in [7, 11) is -4.34. The zero-order chi connectivity index (χ0) is 12.1. The van der Waals surface area contributed by atoms with Crippen LogP contribution in [0.25, 0.3) is 0 Å². The molecule has 0 heterocycles. The second-order valence-corrected chi connectivity index (χ2v) is 4.81. The summed E-state index contributed by atoms with van der Waals surface area (Å²) in [6, 6.07) is 0. The van der Waals surface area contributed by atoms with Gasteiger partial charge in [0, 0.05) is 0 Å². The van der Waals surface area contributed by atoms with Crippen LogP contribution >= 0.6 is 7.60 Å². The largest absolute Gasteiger partial charge is 0.478 e. The highest BCUT2D eigenvalue weighted by atomic mass is 31.2. The summed E-state index contributed by atoms with van der Waals surface area (Å²) in [5.74, 6) is -2.49. The fraction of sp³-hybridized carbons (Fsp3) is 0.625. The van der Waals surface area contributed by atoms with Gasteiger partial charge < -0.3 is 19.6 Å². The molecule has 0 rings (SSSR count). The fourth-order valence-electron chi connectivity index (χ4n) is 0.854. The van der Waals surface area contributed by atoms with Crippen molar-refractivity contribution in [3.05, 3.63) is 12.2 Å². The second-order valence-electron chi connectivity index (χ2n) is 3.05. The first kappa shape index (κ1) is 14.3. The van der Waals surface area contributed by atoms with Gasteiger partial charge in [-0.3, -0.25) is 4.57 Å². The summed E-state index contributed by atoms with van der Waals surface area (Å²) < 4.78 is 15.7. The van der Waals surface area contributed by atoms with Crippen molar-refractivity contribution in [3.63, 3.8) is 0 Å². The van der Waals surface area contributed by atoms with Gasteiger partial charge >= 0.3 is 13.6 Å². The maximum absolute atomic E-state index is 10.9. The second kappa shape index (κ2) is 6.02. The van der Waals surface area contributed by atoms with Crippen molar-refractivity contribution >= 4 is 13.6 Å². The average molecular weight is 238 g/mol. The molecule has 0 aromatic heterocycles. The average Bonchev–Trinajstić information content (AvgIpc) is 2.09. The highest BCUT2D eigenvalue weighted by molar-refractivity contribution is 7.52. The number of aliphatic carboxylic acids is 1. The van der Waals surface area contributed by atoms with Gasteiger partial charge in [-0.05, 0) is 6.42 Å². The summed E-state index contributed by atoms with van der Waals surface area (Å²) in [4.78, 5) is 28.1. The van der Waals surface area contributed by atoms with Gasteiger partial charge in [0.25, 0.3) is 0 Å². The normalized spacial score (nSPS) is 13.5. The van der Waals surface area contributed by atoms with Crippen LogP contribution in [0.1, 0.15) is 19.8 Å². The maximum atomic E-state index is 10.9. The van der Waals surface area contributed by atoms with E-state index in [2.05, 4.69) is 6.58 Å². The molecule has 1 unspecified atom stereocenters. The molecule has 0 spiro atoms. The van der Waals surface area contributed by atoms with Crippen LogP contribution in [0.4, 0.5) is 0 Å². The Labute approximate surface area is 87.7 Å². The predicted octanol–water partition coefficient (Wildman–Crippen LogP) is 0.948. The Bertz CT molecular complexity index is 281. The number of hydrogen-bond acceptors (Lipinski definition) is 3. The van der Waals surface area contributed by atoms with E-state index in [1.165, 1.54) is 0 Å². The molecular weight excluding hydrogens is 223 g/mol. The summed E-state index contributed by atoms with van der Waals surface area (Å²) >= 11 is 0. The van der Waals surface area contributed by atoms with E-state index < -0.39 is 19.4 Å². The first-order valence-corrected chi connectivity index (χ1v) is 6.05. The van der Waals surface area contributed by atoms with Crippen LogP contribution < -0.4 is 0 Å². The first-order chi connectivity index (χ1) is 6.79. The fourth-order valence-corrected chi connectivity index (χ4v) is 1.72. The molecule has 0 fully saturated rings. The zero-order valence-corrected chi connectivity index (χ0v) is 9.31. The van der Waals surface area contributed by atoms with E-state index in [0.29, 0.717) is 6.42 Å². The summed E-state index contributed by atoms with van der Waals surface area (Å²) in [5, 5.41) is 8.45. The van der Waals surface area contributed by atoms with E-state index >= 15 is 0 Å². The van der Waals surface area contributed by atoms with Crippen LogP contribution in [-0.4, -0.2) is 33.3 Å². The van der Waals surface area contributed by atoms with Crippen molar-refractivity contribution in [1.29, 1.82) is 0 Å². The summed E-state index contributed by atoms with van der Waals surface area (Å²) in [6.45, 7) is 4.56. The van der Waals surface area contributed by atoms with Gasteiger partial charge in [0.15, 0.2) is 5.85 Å². The van der Waals surface area contributed by atoms with Gasteiger partial charge in [-0.25, -0.2) is 4.79 Å². The maximum Gasteiger partial charge on any atom is 0.354 e. The SMILES string of the molecule is C=C(COC(CCC)P(=O)(O)O)C(=O)O. The van der Waals surface area contributed by atoms with Gasteiger partial charge in [-0.15, -0.1) is 0 Å². The lowest BCUT2D eigenvalue weighted by Crippen LogP contribution is -2.17. The molecule has 88 valence electrons. The monoisotopic (exact) mass is 238 g/mol. The van der Waals surface area contributed by atoms with E-state index in [1.807, 2.05) is 0 Å². The highest BCUT2D eigenvalue weighted by Gasteiger charge is 2.29. The molecular formula is C8H15O6P. The van der Waals surface area contributed by atoms with Gasteiger partial charge in [0.2, 0.25) is 0 Å². The molecule has 0 aliphatic rings. The smallest absolute Gasteiger partial charge is 0.354 e. The minimum absolute atomic E-state index is 0.178. The van der Waals surface area contributed by atoms with Crippen LogP contribution in [0.15, 0.2) is 12.2 Å². The summed E-state index contributed by atoms with van der Waals surface area (Å²) in [6.07, 6.45) is 0.715. The molecule has 7 heteroatoms. The third-order valence-corrected chi connectivity index (χ3v) is 2.82. The number of carbonyl (C=O) groups is 1. The molecule has 0 amide bonds. The molecule has 1 atom stereocenters. The van der Waals surface area contributed by atoms with Crippen molar-refractivity contribution in [2.75, 3.05) is 6.61 Å². The third kappa shape index (κ3) is 5.69. The van der Waals surface area contributed by atoms with Crippen LogP contribution in [0.3, 0.4) is 0 Å². The molecule has 0 aliphatic carbocycles. The number of carboxylic acid groups (broad SMARTS) is 1. The lowest BCUT2D eigenvalue weighted by atomic mass is 10.3. The van der Waals surface area contributed by atoms with Gasteiger partial charge in [0.1, 0.15) is 0 Å². The predicted molar refractivity (Wildman–Crippen MR) is 53.5 cm³/mol. The standard InChI is InChI=1S/C8H15O6P/c1-3-4-7(15(11,12)13)14-5-6(2)8(9)10/h7H,2-5H2,1H3,(H,9,10)(H2,11,12,13). The van der Waals surface area contributed by atoms with Crippen molar-refractivity contribution in [3.8, 4) is 0 Å². The third-order valence-electron chi connectivity index (χ3n) is 1.66. The lowest BCUT2D eigenvalue weighted by Gasteiger charge is -2.18. The molecule has 0 aromatic carbocycles. The minimum atomic E-state index is -4.34. The van der Waals surface area contributed by atoms with E-state index in [-0.39, 0.29) is 18.6 Å². The van der Waals surface area contributed by atoms with Crippen LogP contribution in [-0.2, 0) is 14.1 Å². The van der Waals surface area contributed by atoms with E-state index in [0.717, 1.165) is 0 Å². The molecule has 0 saturated heterocycles. The van der Waals surface area contributed by atoms with E-state index in [4.69, 9.17) is 19.6 Å². The van der Waals surface area contributed by atoms with Gasteiger partial charge in [-0.2, -0.15) is 0 Å². The number of carboxylic acids is 1. The zero-order valence-electron chi connectivity index (χ0n) is 8.42. The molecule has 0 aliphatic heterocycles. The Morgan fingerprint density at radius 2 is 2.07 bits per heavy atom.